The molecular weight excluding hydrogens is 194 g/mol. The lowest BCUT2D eigenvalue weighted by Gasteiger charge is -2.38. The van der Waals surface area contributed by atoms with Gasteiger partial charge in [0.25, 0.3) is 0 Å². The molecule has 0 aromatic heterocycles. The van der Waals surface area contributed by atoms with Gasteiger partial charge in [0.1, 0.15) is 0 Å². The summed E-state index contributed by atoms with van der Waals surface area (Å²) in [6, 6.07) is 0. The van der Waals surface area contributed by atoms with Crippen molar-refractivity contribution in [2.45, 2.75) is 39.5 Å². The molecule has 0 unspecified atom stereocenters. The summed E-state index contributed by atoms with van der Waals surface area (Å²) in [5.41, 5.74) is -0.583. The van der Waals surface area contributed by atoms with E-state index < -0.39 is 11.4 Å². The second-order valence-electron chi connectivity index (χ2n) is 4.34. The van der Waals surface area contributed by atoms with E-state index in [2.05, 4.69) is 0 Å². The van der Waals surface area contributed by atoms with Crippen LogP contribution in [0.15, 0.2) is 0 Å². The molecule has 1 aliphatic rings. The van der Waals surface area contributed by atoms with Crippen LogP contribution < -0.4 is 0 Å². The number of rotatable bonds is 3. The van der Waals surface area contributed by atoms with Gasteiger partial charge in [-0.15, -0.1) is 0 Å². The molecule has 0 atom stereocenters. The highest BCUT2D eigenvalue weighted by molar-refractivity contribution is 5.76. The van der Waals surface area contributed by atoms with Crippen LogP contribution >= 0.6 is 0 Å². The fraction of sp³-hybridized carbons (Fsp3) is 0.818. The Kier molecular flexibility index (Phi) is 3.72. The van der Waals surface area contributed by atoms with E-state index in [1.165, 1.54) is 6.92 Å². The number of hydrogen-bond donors (Lipinski definition) is 1. The first kappa shape index (κ1) is 12.0. The van der Waals surface area contributed by atoms with E-state index in [0.29, 0.717) is 32.4 Å². The molecule has 1 fully saturated rings. The van der Waals surface area contributed by atoms with E-state index in [-0.39, 0.29) is 5.91 Å². The molecule has 0 aromatic rings. The lowest BCUT2D eigenvalue weighted by Crippen LogP contribution is -2.45. The fourth-order valence-electron chi connectivity index (χ4n) is 2.30. The standard InChI is InChI=1S/C11H19NO3/c1-3-4-11(10(14)15)5-7-12(8-6-11)9(2)13/h3-8H2,1-2H3,(H,14,15). The van der Waals surface area contributed by atoms with E-state index in [1.54, 1.807) is 4.90 Å². The molecule has 0 spiro atoms. The Hall–Kier alpha value is -1.06. The topological polar surface area (TPSA) is 57.6 Å². The normalized spacial score (nSPS) is 20.0. The molecule has 86 valence electrons. The Morgan fingerprint density at radius 1 is 1.33 bits per heavy atom. The lowest BCUT2D eigenvalue weighted by atomic mass is 9.75. The first-order valence-corrected chi connectivity index (χ1v) is 5.51. The van der Waals surface area contributed by atoms with E-state index in [0.717, 1.165) is 6.42 Å². The van der Waals surface area contributed by atoms with Crippen LogP contribution in [-0.4, -0.2) is 35.0 Å². The molecule has 1 rings (SSSR count). The predicted molar refractivity (Wildman–Crippen MR) is 56.5 cm³/mol. The number of amides is 1. The zero-order valence-electron chi connectivity index (χ0n) is 9.45. The van der Waals surface area contributed by atoms with Gasteiger partial charge in [0, 0.05) is 20.0 Å². The SMILES string of the molecule is CCCC1(C(=O)O)CCN(C(C)=O)CC1. The van der Waals surface area contributed by atoms with Crippen LogP contribution in [0.2, 0.25) is 0 Å². The maximum absolute atomic E-state index is 11.2. The summed E-state index contributed by atoms with van der Waals surface area (Å²) >= 11 is 0. The Morgan fingerprint density at radius 2 is 1.87 bits per heavy atom. The Bertz CT molecular complexity index is 255. The van der Waals surface area contributed by atoms with Crippen molar-refractivity contribution in [2.24, 2.45) is 5.41 Å². The lowest BCUT2D eigenvalue weighted by molar-refractivity contribution is -0.154. The van der Waals surface area contributed by atoms with Crippen LogP contribution in [0.25, 0.3) is 0 Å². The van der Waals surface area contributed by atoms with E-state index >= 15 is 0 Å². The average Bonchev–Trinajstić information content (AvgIpc) is 2.18. The van der Waals surface area contributed by atoms with Crippen LogP contribution in [0.4, 0.5) is 0 Å². The molecule has 4 heteroatoms. The van der Waals surface area contributed by atoms with Crippen molar-refractivity contribution in [3.8, 4) is 0 Å². The van der Waals surface area contributed by atoms with E-state index in [4.69, 9.17) is 0 Å². The first-order chi connectivity index (χ1) is 7.02. The van der Waals surface area contributed by atoms with Gasteiger partial charge in [0.15, 0.2) is 0 Å². The number of likely N-dealkylation sites (tertiary alicyclic amines) is 1. The third kappa shape index (κ3) is 2.49. The zero-order valence-corrected chi connectivity index (χ0v) is 9.45. The largest absolute Gasteiger partial charge is 0.481 e. The molecule has 1 heterocycles. The summed E-state index contributed by atoms with van der Waals surface area (Å²) in [5, 5.41) is 9.24. The second kappa shape index (κ2) is 4.64. The minimum absolute atomic E-state index is 0.0467. The van der Waals surface area contributed by atoms with Gasteiger partial charge in [0.05, 0.1) is 5.41 Å². The number of nitrogens with zero attached hydrogens (tertiary/aromatic N) is 1. The number of hydrogen-bond acceptors (Lipinski definition) is 2. The summed E-state index contributed by atoms with van der Waals surface area (Å²) in [6.07, 6.45) is 2.78. The maximum Gasteiger partial charge on any atom is 0.309 e. The summed E-state index contributed by atoms with van der Waals surface area (Å²) in [6.45, 7) is 4.71. The van der Waals surface area contributed by atoms with Crippen molar-refractivity contribution in [3.05, 3.63) is 0 Å². The number of piperidine rings is 1. The predicted octanol–water partition coefficient (Wildman–Crippen LogP) is 1.50. The van der Waals surface area contributed by atoms with Gasteiger partial charge in [-0.3, -0.25) is 9.59 Å². The molecule has 15 heavy (non-hydrogen) atoms. The summed E-state index contributed by atoms with van der Waals surface area (Å²) in [4.78, 5) is 24.1. The number of carboxylic acids is 1. The van der Waals surface area contributed by atoms with Gasteiger partial charge in [-0.25, -0.2) is 0 Å². The zero-order chi connectivity index (χ0) is 11.5. The van der Waals surface area contributed by atoms with Crippen LogP contribution in [0, 0.1) is 5.41 Å². The van der Waals surface area contributed by atoms with Gasteiger partial charge in [-0.05, 0) is 19.3 Å². The van der Waals surface area contributed by atoms with Gasteiger partial charge < -0.3 is 10.0 Å². The minimum Gasteiger partial charge on any atom is -0.481 e. The smallest absolute Gasteiger partial charge is 0.309 e. The maximum atomic E-state index is 11.2. The van der Waals surface area contributed by atoms with Crippen LogP contribution in [0.1, 0.15) is 39.5 Å². The highest BCUT2D eigenvalue weighted by Crippen LogP contribution is 2.36. The summed E-state index contributed by atoms with van der Waals surface area (Å²) < 4.78 is 0. The van der Waals surface area contributed by atoms with Crippen molar-refractivity contribution in [1.82, 2.24) is 4.90 Å². The molecule has 4 nitrogen and oxygen atoms in total. The highest BCUT2D eigenvalue weighted by Gasteiger charge is 2.40. The molecule has 1 aliphatic heterocycles. The second-order valence-corrected chi connectivity index (χ2v) is 4.34. The number of carboxylic acid groups (broad SMARTS) is 1. The fourth-order valence-corrected chi connectivity index (χ4v) is 2.30. The molecular formula is C11H19NO3. The monoisotopic (exact) mass is 213 g/mol. The van der Waals surface area contributed by atoms with Gasteiger partial charge in [0.2, 0.25) is 5.91 Å². The molecule has 1 amide bonds. The Labute approximate surface area is 90.3 Å². The quantitative estimate of drug-likeness (QED) is 0.773. The third-order valence-corrected chi connectivity index (χ3v) is 3.35. The average molecular weight is 213 g/mol. The van der Waals surface area contributed by atoms with Crippen LogP contribution in [0.5, 0.6) is 0 Å². The molecule has 0 saturated carbocycles. The first-order valence-electron chi connectivity index (χ1n) is 5.51. The van der Waals surface area contributed by atoms with Crippen molar-refractivity contribution >= 4 is 11.9 Å². The molecule has 0 aromatic carbocycles. The Balaban J connectivity index is 2.65. The van der Waals surface area contributed by atoms with Gasteiger partial charge in [-0.2, -0.15) is 0 Å². The molecule has 0 aliphatic carbocycles. The summed E-state index contributed by atoms with van der Waals surface area (Å²) in [5.74, 6) is -0.655. The highest BCUT2D eigenvalue weighted by atomic mass is 16.4. The molecule has 0 radical (unpaired) electrons. The number of carbonyl (C=O) groups is 2. The van der Waals surface area contributed by atoms with Crippen molar-refractivity contribution in [2.75, 3.05) is 13.1 Å². The van der Waals surface area contributed by atoms with Gasteiger partial charge >= 0.3 is 5.97 Å². The Morgan fingerprint density at radius 3 is 2.20 bits per heavy atom. The van der Waals surface area contributed by atoms with Gasteiger partial charge in [-0.1, -0.05) is 13.3 Å². The minimum atomic E-state index is -0.701. The number of aliphatic carboxylic acids is 1. The molecule has 0 bridgehead atoms. The van der Waals surface area contributed by atoms with Crippen molar-refractivity contribution in [1.29, 1.82) is 0 Å². The summed E-state index contributed by atoms with van der Waals surface area (Å²) in [7, 11) is 0. The van der Waals surface area contributed by atoms with Crippen molar-refractivity contribution in [3.63, 3.8) is 0 Å². The van der Waals surface area contributed by atoms with E-state index in [1.807, 2.05) is 6.92 Å². The molecule has 1 saturated heterocycles. The van der Waals surface area contributed by atoms with Crippen LogP contribution in [-0.2, 0) is 9.59 Å². The third-order valence-electron chi connectivity index (χ3n) is 3.35. The van der Waals surface area contributed by atoms with Crippen molar-refractivity contribution < 1.29 is 14.7 Å². The molecule has 1 N–H and O–H groups in total. The number of carbonyl (C=O) groups excluding carboxylic acids is 1. The van der Waals surface area contributed by atoms with E-state index in [9.17, 15) is 14.7 Å². The van der Waals surface area contributed by atoms with Crippen LogP contribution in [0.3, 0.4) is 0 Å².